The minimum absolute atomic E-state index is 0.139. The molecule has 1 N–H and O–H groups in total. The first-order valence-electron chi connectivity index (χ1n) is 11.3. The molecule has 2 heterocycles. The molecule has 0 bridgehead atoms. The van der Waals surface area contributed by atoms with Crippen LogP contribution in [0.3, 0.4) is 0 Å². The van der Waals surface area contributed by atoms with Crippen molar-refractivity contribution in [2.75, 3.05) is 37.6 Å². The molecule has 0 atom stereocenters. The Balaban J connectivity index is 1.22. The Hall–Kier alpha value is -1.45. The number of nitrogens with zero attached hydrogens (tertiary/aromatic N) is 3. The summed E-state index contributed by atoms with van der Waals surface area (Å²) < 4.78 is 43.1. The molecule has 2 fully saturated rings. The van der Waals surface area contributed by atoms with Gasteiger partial charge >= 0.3 is 0 Å². The second-order valence-electron chi connectivity index (χ2n) is 8.89. The first kappa shape index (κ1) is 24.7. The second-order valence-corrected chi connectivity index (χ2v) is 11.4. The van der Waals surface area contributed by atoms with Gasteiger partial charge in [-0.2, -0.15) is 0 Å². The highest BCUT2D eigenvalue weighted by molar-refractivity contribution is 7.89. The Kier molecular flexibility index (Phi) is 7.80. The highest BCUT2D eigenvalue weighted by Gasteiger charge is 2.37. The van der Waals surface area contributed by atoms with Crippen LogP contribution in [0.2, 0.25) is 10.0 Å². The molecule has 4 rings (SSSR count). The summed E-state index contributed by atoms with van der Waals surface area (Å²) in [7, 11) is -3.63. The number of rotatable bonds is 7. The van der Waals surface area contributed by atoms with E-state index in [9.17, 15) is 8.42 Å². The number of anilines is 1. The van der Waals surface area contributed by atoms with Crippen LogP contribution in [0.4, 0.5) is 10.1 Å². The van der Waals surface area contributed by atoms with Crippen LogP contribution in [0.25, 0.3) is 0 Å². The number of hydrogen-bond acceptors (Lipinski definition) is 5. The van der Waals surface area contributed by atoms with Gasteiger partial charge < -0.3 is 4.90 Å². The van der Waals surface area contributed by atoms with Crippen LogP contribution in [0.15, 0.2) is 47.6 Å². The molecule has 0 amide bonds. The summed E-state index contributed by atoms with van der Waals surface area (Å²) in [5.41, 5.74) is -0.304. The summed E-state index contributed by atoms with van der Waals surface area (Å²) >= 11 is 12.5. The molecule has 1 saturated carbocycles. The number of aromatic nitrogens is 1. The van der Waals surface area contributed by atoms with E-state index in [2.05, 4.69) is 19.5 Å². The van der Waals surface area contributed by atoms with Crippen LogP contribution in [-0.2, 0) is 10.0 Å². The van der Waals surface area contributed by atoms with E-state index in [1.165, 1.54) is 18.5 Å². The molecule has 0 spiro atoms. The fourth-order valence-corrected chi connectivity index (χ4v) is 6.29. The molecule has 180 valence electrons. The van der Waals surface area contributed by atoms with E-state index in [1.54, 1.807) is 12.1 Å². The van der Waals surface area contributed by atoms with E-state index in [0.29, 0.717) is 48.7 Å². The third-order valence-corrected chi connectivity index (χ3v) is 8.98. The smallest absolute Gasteiger partial charge is 0.242 e. The third-order valence-electron chi connectivity index (χ3n) is 6.67. The van der Waals surface area contributed by atoms with Gasteiger partial charge in [-0.3, -0.25) is 9.88 Å². The molecule has 1 aromatic carbocycles. The molecule has 33 heavy (non-hydrogen) atoms. The van der Waals surface area contributed by atoms with Gasteiger partial charge in [0.2, 0.25) is 10.0 Å². The van der Waals surface area contributed by atoms with Crippen molar-refractivity contribution in [1.82, 2.24) is 14.6 Å². The van der Waals surface area contributed by atoms with Gasteiger partial charge in [-0.1, -0.05) is 29.3 Å². The first-order valence-corrected chi connectivity index (χ1v) is 13.5. The Labute approximate surface area is 205 Å². The lowest BCUT2D eigenvalue weighted by atomic mass is 9.81. The molecule has 6 nitrogen and oxygen atoms in total. The molecular formula is C23H29Cl2FN4O2S. The average molecular weight is 515 g/mol. The number of sulfonamides is 1. The predicted octanol–water partition coefficient (Wildman–Crippen LogP) is 4.53. The van der Waals surface area contributed by atoms with Gasteiger partial charge in [0.1, 0.15) is 10.6 Å². The van der Waals surface area contributed by atoms with E-state index in [-0.39, 0.29) is 10.9 Å². The zero-order chi connectivity index (χ0) is 23.5. The van der Waals surface area contributed by atoms with Crippen molar-refractivity contribution in [2.45, 2.75) is 48.7 Å². The molecule has 1 aliphatic heterocycles. The molecule has 2 aromatic rings. The van der Waals surface area contributed by atoms with Crippen LogP contribution in [0, 0.1) is 0 Å². The van der Waals surface area contributed by atoms with Crippen LogP contribution in [0.1, 0.15) is 32.1 Å². The Morgan fingerprint density at radius 3 is 2.48 bits per heavy atom. The van der Waals surface area contributed by atoms with E-state index >= 15 is 4.39 Å². The number of hydrogen-bond donors (Lipinski definition) is 1. The van der Waals surface area contributed by atoms with E-state index in [4.69, 9.17) is 23.2 Å². The van der Waals surface area contributed by atoms with Crippen LogP contribution >= 0.6 is 23.2 Å². The third kappa shape index (κ3) is 6.17. The Morgan fingerprint density at radius 2 is 1.82 bits per heavy atom. The maximum absolute atomic E-state index is 15.4. The van der Waals surface area contributed by atoms with E-state index in [1.807, 2.05) is 12.1 Å². The van der Waals surface area contributed by atoms with Crippen molar-refractivity contribution in [3.8, 4) is 0 Å². The molecule has 0 radical (unpaired) electrons. The molecule has 0 unspecified atom stereocenters. The minimum Gasteiger partial charge on any atom is -0.368 e. The summed E-state index contributed by atoms with van der Waals surface area (Å²) in [6.07, 6.45) is 5.05. The molecule has 2 aliphatic rings. The lowest BCUT2D eigenvalue weighted by Crippen LogP contribution is -2.48. The maximum atomic E-state index is 15.4. The van der Waals surface area contributed by atoms with Crippen molar-refractivity contribution in [3.63, 3.8) is 0 Å². The van der Waals surface area contributed by atoms with Crippen LogP contribution in [0.5, 0.6) is 0 Å². The first-order chi connectivity index (χ1) is 15.8. The van der Waals surface area contributed by atoms with Gasteiger partial charge in [0.05, 0.1) is 15.7 Å². The molecular weight excluding hydrogens is 486 g/mol. The number of halogens is 3. The zero-order valence-electron chi connectivity index (χ0n) is 18.4. The molecule has 10 heteroatoms. The summed E-state index contributed by atoms with van der Waals surface area (Å²) in [6, 6.07) is 8.51. The quantitative estimate of drug-likeness (QED) is 0.587. The number of benzene rings is 1. The standard InChI is InChI=1S/C23H29Cl2FN4O2S/c24-20-4-1-5-21(22(20)25)30-15-13-29(14-16-30)12-10-23(26)8-6-18(7-9-23)28-33(31,32)19-3-2-11-27-17-19/h1-5,11,17-18,28H,6-10,12-16H2. The SMILES string of the molecule is O=S(=O)(NC1CCC(F)(CCN2CCN(c3cccc(Cl)c3Cl)CC2)CC1)c1cccnc1. The van der Waals surface area contributed by atoms with Crippen LogP contribution in [-0.4, -0.2) is 62.7 Å². The summed E-state index contributed by atoms with van der Waals surface area (Å²) in [5, 5.41) is 1.13. The summed E-state index contributed by atoms with van der Waals surface area (Å²) in [4.78, 5) is 8.51. The number of alkyl halides is 1. The van der Waals surface area contributed by atoms with Gasteiger partial charge in [0.15, 0.2) is 0 Å². The summed E-state index contributed by atoms with van der Waals surface area (Å²) in [6.45, 7) is 4.01. The fraction of sp³-hybridized carbons (Fsp3) is 0.522. The van der Waals surface area contributed by atoms with E-state index < -0.39 is 15.7 Å². The van der Waals surface area contributed by atoms with Gasteiger partial charge in [0, 0.05) is 51.2 Å². The van der Waals surface area contributed by atoms with Gasteiger partial charge in [-0.05, 0) is 56.4 Å². The van der Waals surface area contributed by atoms with E-state index in [0.717, 1.165) is 31.9 Å². The Bertz CT molecular complexity index is 1040. The maximum Gasteiger partial charge on any atom is 0.242 e. The molecule has 1 saturated heterocycles. The van der Waals surface area contributed by atoms with Gasteiger partial charge in [-0.25, -0.2) is 17.5 Å². The Morgan fingerprint density at radius 1 is 1.09 bits per heavy atom. The fourth-order valence-electron chi connectivity index (χ4n) is 4.60. The van der Waals surface area contributed by atoms with Crippen molar-refractivity contribution >= 4 is 38.9 Å². The topological polar surface area (TPSA) is 65.5 Å². The van der Waals surface area contributed by atoms with Crippen LogP contribution < -0.4 is 9.62 Å². The second kappa shape index (κ2) is 10.4. The minimum atomic E-state index is -3.63. The number of piperazine rings is 1. The zero-order valence-corrected chi connectivity index (χ0v) is 20.7. The highest BCUT2D eigenvalue weighted by atomic mass is 35.5. The van der Waals surface area contributed by atoms with Crippen molar-refractivity contribution in [2.24, 2.45) is 0 Å². The number of pyridine rings is 1. The normalized spacial score (nSPS) is 24.7. The van der Waals surface area contributed by atoms with Gasteiger partial charge in [0.25, 0.3) is 0 Å². The van der Waals surface area contributed by atoms with Crippen molar-refractivity contribution in [3.05, 3.63) is 52.8 Å². The van der Waals surface area contributed by atoms with Crippen molar-refractivity contribution in [1.29, 1.82) is 0 Å². The highest BCUT2D eigenvalue weighted by Crippen LogP contribution is 2.36. The predicted molar refractivity (Wildman–Crippen MR) is 130 cm³/mol. The molecule has 1 aromatic heterocycles. The lowest BCUT2D eigenvalue weighted by Gasteiger charge is -2.39. The van der Waals surface area contributed by atoms with Crippen molar-refractivity contribution < 1.29 is 12.8 Å². The monoisotopic (exact) mass is 514 g/mol. The van der Waals surface area contributed by atoms with Gasteiger partial charge in [-0.15, -0.1) is 0 Å². The largest absolute Gasteiger partial charge is 0.368 e. The molecule has 1 aliphatic carbocycles. The summed E-state index contributed by atoms with van der Waals surface area (Å²) in [5.74, 6) is 0. The lowest BCUT2D eigenvalue weighted by molar-refractivity contribution is 0.0706. The number of nitrogens with one attached hydrogen (secondary N) is 1. The average Bonchev–Trinajstić information content (AvgIpc) is 2.82.